The molecule has 2 aromatic heterocycles. The summed E-state index contributed by atoms with van der Waals surface area (Å²) in [5, 5.41) is 9.28. The molecule has 28 heavy (non-hydrogen) atoms. The van der Waals surface area contributed by atoms with E-state index in [0.717, 1.165) is 42.6 Å². The fourth-order valence-corrected chi connectivity index (χ4v) is 4.20. The Kier molecular flexibility index (Phi) is 6.06. The number of benzene rings is 1. The van der Waals surface area contributed by atoms with E-state index in [4.69, 9.17) is 4.98 Å². The fraction of sp³-hybridized carbons (Fsp3) is 0.286. The lowest BCUT2D eigenvalue weighted by Gasteiger charge is -2.35. The number of hydrogen-bond donors (Lipinski definition) is 2. The highest BCUT2D eigenvalue weighted by molar-refractivity contribution is 7.09. The second-order valence-corrected chi connectivity index (χ2v) is 7.74. The number of pyridine rings is 1. The van der Waals surface area contributed by atoms with Crippen LogP contribution in [0.3, 0.4) is 0 Å². The Labute approximate surface area is 168 Å². The van der Waals surface area contributed by atoms with E-state index in [2.05, 4.69) is 32.0 Å². The minimum Gasteiger partial charge on any atom is -0.326 e. The van der Waals surface area contributed by atoms with Crippen molar-refractivity contribution in [3.8, 4) is 0 Å². The number of carbonyl (C=O) groups excluding carboxylic acids is 1. The predicted molar refractivity (Wildman–Crippen MR) is 111 cm³/mol. The summed E-state index contributed by atoms with van der Waals surface area (Å²) in [5.41, 5.74) is 3.04. The van der Waals surface area contributed by atoms with Gasteiger partial charge in [0.05, 0.1) is 12.1 Å². The van der Waals surface area contributed by atoms with Crippen molar-refractivity contribution in [1.29, 1.82) is 0 Å². The first-order valence-corrected chi connectivity index (χ1v) is 10.3. The van der Waals surface area contributed by atoms with Crippen LogP contribution in [0, 0.1) is 0 Å². The first-order chi connectivity index (χ1) is 13.8. The van der Waals surface area contributed by atoms with Crippen LogP contribution in [0.5, 0.6) is 0 Å². The maximum atomic E-state index is 12.2. The van der Waals surface area contributed by atoms with Crippen molar-refractivity contribution < 1.29 is 4.79 Å². The molecular weight excluding hydrogens is 370 g/mol. The van der Waals surface area contributed by atoms with Gasteiger partial charge >= 0.3 is 0 Å². The van der Waals surface area contributed by atoms with Crippen LogP contribution >= 0.6 is 11.3 Å². The molecule has 144 valence electrons. The van der Waals surface area contributed by atoms with E-state index in [0.29, 0.717) is 6.42 Å². The van der Waals surface area contributed by atoms with Gasteiger partial charge < -0.3 is 10.6 Å². The van der Waals surface area contributed by atoms with E-state index in [-0.39, 0.29) is 11.9 Å². The highest BCUT2D eigenvalue weighted by Crippen LogP contribution is 2.24. The van der Waals surface area contributed by atoms with E-state index in [1.54, 1.807) is 17.5 Å². The summed E-state index contributed by atoms with van der Waals surface area (Å²) >= 11 is 1.55. The average molecular weight is 394 g/mol. The molecule has 1 saturated heterocycles. The van der Waals surface area contributed by atoms with Crippen molar-refractivity contribution in [1.82, 2.24) is 20.2 Å². The van der Waals surface area contributed by atoms with Crippen LogP contribution in [-0.4, -0.2) is 40.4 Å². The third kappa shape index (κ3) is 4.81. The van der Waals surface area contributed by atoms with Crippen LogP contribution in [0.1, 0.15) is 22.3 Å². The molecular formula is C21H23N5OS. The third-order valence-electron chi connectivity index (χ3n) is 4.76. The fourth-order valence-electron chi connectivity index (χ4n) is 3.41. The zero-order valence-electron chi connectivity index (χ0n) is 15.5. The smallest absolute Gasteiger partial charge is 0.231 e. The van der Waals surface area contributed by atoms with E-state index in [1.165, 1.54) is 5.56 Å². The molecule has 0 aliphatic carbocycles. The molecule has 1 aliphatic rings. The van der Waals surface area contributed by atoms with Gasteiger partial charge in [-0.3, -0.25) is 14.7 Å². The number of piperazine rings is 1. The summed E-state index contributed by atoms with van der Waals surface area (Å²) in [6, 6.07) is 13.9. The summed E-state index contributed by atoms with van der Waals surface area (Å²) in [5.74, 6) is -0.0393. The van der Waals surface area contributed by atoms with Crippen molar-refractivity contribution in [3.05, 3.63) is 76.5 Å². The number of amides is 1. The molecule has 1 unspecified atom stereocenters. The van der Waals surface area contributed by atoms with Gasteiger partial charge in [-0.2, -0.15) is 0 Å². The maximum absolute atomic E-state index is 12.2. The number of thiazole rings is 1. The summed E-state index contributed by atoms with van der Waals surface area (Å²) < 4.78 is 0. The van der Waals surface area contributed by atoms with Gasteiger partial charge in [0.2, 0.25) is 5.91 Å². The highest BCUT2D eigenvalue weighted by atomic mass is 32.1. The van der Waals surface area contributed by atoms with Crippen molar-refractivity contribution in [2.75, 3.05) is 25.0 Å². The molecule has 0 saturated carbocycles. The molecule has 1 atom stereocenters. The average Bonchev–Trinajstić information content (AvgIpc) is 3.16. The maximum Gasteiger partial charge on any atom is 0.231 e. The van der Waals surface area contributed by atoms with E-state index >= 15 is 0 Å². The van der Waals surface area contributed by atoms with Crippen molar-refractivity contribution >= 4 is 22.9 Å². The van der Waals surface area contributed by atoms with Crippen LogP contribution in [0.25, 0.3) is 0 Å². The van der Waals surface area contributed by atoms with E-state index in [1.807, 2.05) is 42.6 Å². The normalized spacial score (nSPS) is 17.4. The number of anilines is 1. The van der Waals surface area contributed by atoms with Crippen LogP contribution in [0.4, 0.5) is 5.69 Å². The Hall–Kier alpha value is -2.61. The Morgan fingerprint density at radius 1 is 1.25 bits per heavy atom. The number of rotatable bonds is 6. The molecule has 1 amide bonds. The summed E-state index contributed by atoms with van der Waals surface area (Å²) in [7, 11) is 0. The lowest BCUT2D eigenvalue weighted by Crippen LogP contribution is -2.45. The quantitative estimate of drug-likeness (QED) is 0.674. The predicted octanol–water partition coefficient (Wildman–Crippen LogP) is 2.87. The van der Waals surface area contributed by atoms with Crippen LogP contribution < -0.4 is 10.6 Å². The molecule has 0 bridgehead atoms. The Morgan fingerprint density at radius 3 is 2.96 bits per heavy atom. The second kappa shape index (κ2) is 9.05. The molecule has 4 rings (SSSR count). The van der Waals surface area contributed by atoms with Gasteiger partial charge in [0.15, 0.2) is 0 Å². The Morgan fingerprint density at radius 2 is 2.14 bits per heavy atom. The molecule has 1 aliphatic heterocycles. The van der Waals surface area contributed by atoms with Crippen LogP contribution in [0.15, 0.2) is 60.2 Å². The topological polar surface area (TPSA) is 70.2 Å². The van der Waals surface area contributed by atoms with Crippen molar-refractivity contribution in [3.63, 3.8) is 0 Å². The van der Waals surface area contributed by atoms with Crippen molar-refractivity contribution in [2.24, 2.45) is 0 Å². The molecule has 0 spiro atoms. The van der Waals surface area contributed by atoms with Crippen LogP contribution in [-0.2, 0) is 17.8 Å². The van der Waals surface area contributed by atoms with E-state index in [9.17, 15) is 4.79 Å². The molecule has 3 heterocycles. The lowest BCUT2D eigenvalue weighted by molar-refractivity contribution is -0.115. The van der Waals surface area contributed by atoms with Gasteiger partial charge in [0.1, 0.15) is 5.01 Å². The molecule has 1 fully saturated rings. The molecule has 7 heteroatoms. The van der Waals surface area contributed by atoms with E-state index < -0.39 is 0 Å². The van der Waals surface area contributed by atoms with Crippen molar-refractivity contribution in [2.45, 2.75) is 19.0 Å². The van der Waals surface area contributed by atoms with Gasteiger partial charge in [-0.05, 0) is 23.8 Å². The molecule has 6 nitrogen and oxygen atoms in total. The molecule has 0 radical (unpaired) electrons. The lowest BCUT2D eigenvalue weighted by atomic mass is 10.1. The number of aromatic nitrogens is 2. The monoisotopic (exact) mass is 393 g/mol. The zero-order chi connectivity index (χ0) is 19.2. The second-order valence-electron chi connectivity index (χ2n) is 6.80. The number of hydrogen-bond acceptors (Lipinski definition) is 6. The molecule has 2 N–H and O–H groups in total. The minimum absolute atomic E-state index is 0.0393. The summed E-state index contributed by atoms with van der Waals surface area (Å²) in [4.78, 5) is 23.6. The number of para-hydroxylation sites is 1. The molecule has 1 aromatic carbocycles. The van der Waals surface area contributed by atoms with Gasteiger partial charge in [-0.1, -0.05) is 24.3 Å². The number of carbonyl (C=O) groups is 1. The molecule has 3 aromatic rings. The minimum atomic E-state index is -0.0393. The highest BCUT2D eigenvalue weighted by Gasteiger charge is 2.24. The Bertz CT molecular complexity index is 899. The third-order valence-corrected chi connectivity index (χ3v) is 5.65. The number of nitrogens with zero attached hydrogens (tertiary/aromatic N) is 3. The Balaban J connectivity index is 1.37. The first-order valence-electron chi connectivity index (χ1n) is 9.41. The largest absolute Gasteiger partial charge is 0.326 e. The van der Waals surface area contributed by atoms with Gasteiger partial charge in [-0.25, -0.2) is 4.98 Å². The standard InChI is InChI=1S/C21H23N5OS/c27-20(24-17-6-2-1-3-7-17)11-21-25-18(15-28-21)14-26-10-9-23-13-19(26)16-5-4-8-22-12-16/h1-8,12,15,19,23H,9-11,13-14H2,(H,24,27). The number of nitrogens with one attached hydrogen (secondary N) is 2. The van der Waals surface area contributed by atoms with Gasteiger partial charge in [0.25, 0.3) is 0 Å². The summed E-state index contributed by atoms with van der Waals surface area (Å²) in [6.45, 7) is 3.61. The SMILES string of the molecule is O=C(Cc1nc(CN2CCNCC2c2cccnc2)cs1)Nc1ccccc1. The first kappa shape index (κ1) is 18.7. The van der Waals surface area contributed by atoms with Gasteiger partial charge in [0, 0.05) is 55.7 Å². The van der Waals surface area contributed by atoms with Crippen LogP contribution in [0.2, 0.25) is 0 Å². The zero-order valence-corrected chi connectivity index (χ0v) is 16.4. The van der Waals surface area contributed by atoms with Gasteiger partial charge in [-0.15, -0.1) is 11.3 Å². The summed E-state index contributed by atoms with van der Waals surface area (Å²) in [6.07, 6.45) is 4.04.